The summed E-state index contributed by atoms with van der Waals surface area (Å²) in [6.45, 7) is 4.79. The molecule has 0 fully saturated rings. The number of aryl methyl sites for hydroxylation is 3. The van der Waals surface area contributed by atoms with Crippen LogP contribution >= 0.6 is 11.3 Å². The molecule has 0 saturated heterocycles. The summed E-state index contributed by atoms with van der Waals surface area (Å²) >= 11 is 0.934. The first-order valence-corrected chi connectivity index (χ1v) is 10.3. The topological polar surface area (TPSA) is 144 Å². The van der Waals surface area contributed by atoms with E-state index in [1.54, 1.807) is 13.8 Å². The van der Waals surface area contributed by atoms with Crippen molar-refractivity contribution in [3.63, 3.8) is 0 Å². The number of carboxylic acids is 1. The quantitative estimate of drug-likeness (QED) is 0.420. The minimum absolute atomic E-state index is 0.0384. The maximum atomic E-state index is 13.1. The lowest BCUT2D eigenvalue weighted by Crippen LogP contribution is -2.31. The van der Waals surface area contributed by atoms with E-state index in [2.05, 4.69) is 10.3 Å². The highest BCUT2D eigenvalue weighted by Crippen LogP contribution is 2.27. The van der Waals surface area contributed by atoms with Crippen molar-refractivity contribution in [2.45, 2.75) is 40.2 Å². The number of nitrogens with zero attached hydrogens (tertiary/aromatic N) is 3. The molecule has 1 aromatic carbocycles. The van der Waals surface area contributed by atoms with Crippen LogP contribution in [0.3, 0.4) is 0 Å². The lowest BCUT2D eigenvalue weighted by molar-refractivity contribution is -0.384. The van der Waals surface area contributed by atoms with Gasteiger partial charge in [0.2, 0.25) is 5.91 Å². The van der Waals surface area contributed by atoms with Gasteiger partial charge in [-0.1, -0.05) is 13.0 Å². The lowest BCUT2D eigenvalue weighted by atomic mass is 10.2. The van der Waals surface area contributed by atoms with Gasteiger partial charge in [-0.2, -0.15) is 0 Å². The number of anilines is 1. The molecule has 0 saturated carbocycles. The van der Waals surface area contributed by atoms with E-state index in [4.69, 9.17) is 0 Å². The van der Waals surface area contributed by atoms with Crippen molar-refractivity contribution in [2.75, 3.05) is 5.32 Å². The van der Waals surface area contributed by atoms with E-state index in [0.29, 0.717) is 34.6 Å². The fraction of sp³-hybridized carbons (Fsp3) is 0.300. The number of amides is 1. The van der Waals surface area contributed by atoms with Gasteiger partial charge < -0.3 is 10.4 Å². The van der Waals surface area contributed by atoms with Crippen molar-refractivity contribution in [3.05, 3.63) is 60.5 Å². The van der Waals surface area contributed by atoms with Gasteiger partial charge >= 0.3 is 5.97 Å². The molecule has 0 aliphatic rings. The Morgan fingerprint density at radius 1 is 1.32 bits per heavy atom. The second kappa shape index (κ2) is 8.64. The number of hydrogen-bond donors (Lipinski definition) is 2. The van der Waals surface area contributed by atoms with Crippen molar-refractivity contribution in [3.8, 4) is 0 Å². The number of aromatic nitrogens is 2. The monoisotopic (exact) mass is 444 g/mol. The van der Waals surface area contributed by atoms with Crippen molar-refractivity contribution >= 4 is 44.8 Å². The molecule has 162 valence electrons. The first-order valence-electron chi connectivity index (χ1n) is 9.45. The van der Waals surface area contributed by atoms with E-state index in [1.807, 2.05) is 6.92 Å². The number of benzene rings is 1. The number of aromatic carboxylic acids is 1. The van der Waals surface area contributed by atoms with Crippen LogP contribution in [0.2, 0.25) is 0 Å². The smallest absolute Gasteiger partial charge is 0.346 e. The molecule has 2 aromatic heterocycles. The van der Waals surface area contributed by atoms with Crippen molar-refractivity contribution in [1.82, 2.24) is 9.55 Å². The van der Waals surface area contributed by atoms with E-state index in [0.717, 1.165) is 11.3 Å². The van der Waals surface area contributed by atoms with Crippen LogP contribution in [0.15, 0.2) is 23.0 Å². The molecule has 11 heteroatoms. The molecule has 0 unspecified atom stereocenters. The first kappa shape index (κ1) is 22.1. The fourth-order valence-electron chi connectivity index (χ4n) is 3.23. The summed E-state index contributed by atoms with van der Waals surface area (Å²) in [5, 5.41) is 23.2. The van der Waals surface area contributed by atoms with Crippen LogP contribution in [-0.2, 0) is 17.8 Å². The third-order valence-electron chi connectivity index (χ3n) is 4.81. The summed E-state index contributed by atoms with van der Waals surface area (Å²) in [6.07, 6.45) is 1.09. The zero-order chi connectivity index (χ0) is 22.9. The predicted molar refractivity (Wildman–Crippen MR) is 116 cm³/mol. The molecule has 10 nitrogen and oxygen atoms in total. The Balaban J connectivity index is 2.02. The highest BCUT2D eigenvalue weighted by molar-refractivity contribution is 7.20. The van der Waals surface area contributed by atoms with E-state index in [9.17, 15) is 29.6 Å². The number of non-ortho nitro benzene ring substituents is 1. The summed E-state index contributed by atoms with van der Waals surface area (Å²) in [4.78, 5) is 52.6. The van der Waals surface area contributed by atoms with Crippen LogP contribution in [0.5, 0.6) is 0 Å². The number of rotatable bonds is 7. The maximum Gasteiger partial charge on any atom is 0.346 e. The molecule has 3 aromatic rings. The largest absolute Gasteiger partial charge is 0.477 e. The molecule has 0 aliphatic carbocycles. The SMILES string of the molecule is CCCc1nc2sc(C(=O)O)c(C)c2c(=O)n1CC(=O)Nc1cc([N+](=O)[O-])ccc1C. The molecule has 0 spiro atoms. The number of fused-ring (bicyclic) bond motifs is 1. The number of nitro benzene ring substituents is 1. The molecule has 0 atom stereocenters. The van der Waals surface area contributed by atoms with Gasteiger partial charge in [0.05, 0.1) is 16.0 Å². The molecule has 0 aliphatic heterocycles. The van der Waals surface area contributed by atoms with Crippen LogP contribution in [-0.4, -0.2) is 31.5 Å². The Morgan fingerprint density at radius 2 is 2.03 bits per heavy atom. The summed E-state index contributed by atoms with van der Waals surface area (Å²) in [5.41, 5.74) is 0.576. The Morgan fingerprint density at radius 3 is 2.65 bits per heavy atom. The van der Waals surface area contributed by atoms with E-state index in [1.165, 1.54) is 22.8 Å². The van der Waals surface area contributed by atoms with Crippen LogP contribution < -0.4 is 10.9 Å². The van der Waals surface area contributed by atoms with Gasteiger partial charge in [0, 0.05) is 18.6 Å². The van der Waals surface area contributed by atoms with Crippen LogP contribution in [0.4, 0.5) is 11.4 Å². The Kier molecular flexibility index (Phi) is 6.16. The van der Waals surface area contributed by atoms with E-state index < -0.39 is 22.4 Å². The molecule has 3 rings (SSSR count). The summed E-state index contributed by atoms with van der Waals surface area (Å²) in [7, 11) is 0. The minimum atomic E-state index is -1.14. The second-order valence-electron chi connectivity index (χ2n) is 7.02. The summed E-state index contributed by atoms with van der Waals surface area (Å²) < 4.78 is 1.24. The number of thiophene rings is 1. The fourth-order valence-corrected chi connectivity index (χ4v) is 4.26. The highest BCUT2D eigenvalue weighted by atomic mass is 32.1. The highest BCUT2D eigenvalue weighted by Gasteiger charge is 2.22. The van der Waals surface area contributed by atoms with Gasteiger partial charge in [-0.15, -0.1) is 11.3 Å². The Labute approximate surface area is 180 Å². The third-order valence-corrected chi connectivity index (χ3v) is 5.98. The van der Waals surface area contributed by atoms with Gasteiger partial charge in [0.1, 0.15) is 22.1 Å². The maximum absolute atomic E-state index is 13.1. The first-order chi connectivity index (χ1) is 14.6. The van der Waals surface area contributed by atoms with Crippen LogP contribution in [0.25, 0.3) is 10.2 Å². The number of carboxylic acid groups (broad SMARTS) is 1. The lowest BCUT2D eigenvalue weighted by Gasteiger charge is -2.13. The molecule has 1 amide bonds. The molecule has 2 heterocycles. The molecule has 31 heavy (non-hydrogen) atoms. The average Bonchev–Trinajstić information content (AvgIpc) is 3.03. The zero-order valence-electron chi connectivity index (χ0n) is 17.1. The second-order valence-corrected chi connectivity index (χ2v) is 8.01. The van der Waals surface area contributed by atoms with Gasteiger partial charge in [-0.3, -0.25) is 24.3 Å². The molecular weight excluding hydrogens is 424 g/mol. The normalized spacial score (nSPS) is 10.9. The van der Waals surface area contributed by atoms with Crippen molar-refractivity contribution in [2.24, 2.45) is 0 Å². The number of hydrogen-bond acceptors (Lipinski definition) is 7. The summed E-state index contributed by atoms with van der Waals surface area (Å²) in [6, 6.07) is 4.12. The zero-order valence-corrected chi connectivity index (χ0v) is 17.9. The standard InChI is InChI=1S/C20H20N4O6S/c1-4-5-14-22-18-16(11(3)17(31-18)20(27)28)19(26)23(14)9-15(25)21-13-8-12(24(29)30)7-6-10(13)2/h6-8H,4-5,9H2,1-3H3,(H,21,25)(H,27,28). The Hall–Kier alpha value is -3.60. The van der Waals surface area contributed by atoms with Gasteiger partial charge in [0.15, 0.2) is 0 Å². The third kappa shape index (κ3) is 4.31. The van der Waals surface area contributed by atoms with Crippen LogP contribution in [0, 0.1) is 24.0 Å². The molecular formula is C20H20N4O6S. The predicted octanol–water partition coefficient (Wildman–Crippen LogP) is 3.27. The van der Waals surface area contributed by atoms with Crippen LogP contribution in [0.1, 0.15) is 40.0 Å². The number of carbonyl (C=O) groups is 2. The van der Waals surface area contributed by atoms with E-state index >= 15 is 0 Å². The van der Waals surface area contributed by atoms with E-state index in [-0.39, 0.29) is 28.2 Å². The molecule has 2 N–H and O–H groups in total. The van der Waals surface area contributed by atoms with Gasteiger partial charge in [-0.05, 0) is 31.4 Å². The number of nitro groups is 1. The number of nitrogens with one attached hydrogen (secondary N) is 1. The summed E-state index contributed by atoms with van der Waals surface area (Å²) in [5.74, 6) is -1.30. The number of carbonyl (C=O) groups excluding carboxylic acids is 1. The minimum Gasteiger partial charge on any atom is -0.477 e. The van der Waals surface area contributed by atoms with Crippen molar-refractivity contribution < 1.29 is 19.6 Å². The molecule has 0 bridgehead atoms. The average molecular weight is 444 g/mol. The Bertz CT molecular complexity index is 1280. The van der Waals surface area contributed by atoms with Gasteiger partial charge in [0.25, 0.3) is 11.2 Å². The van der Waals surface area contributed by atoms with Crippen molar-refractivity contribution in [1.29, 1.82) is 0 Å². The molecule has 0 radical (unpaired) electrons. The van der Waals surface area contributed by atoms with Gasteiger partial charge in [-0.25, -0.2) is 9.78 Å².